The van der Waals surface area contributed by atoms with Crippen molar-refractivity contribution < 1.29 is 19.1 Å². The first kappa shape index (κ1) is 20.8. The lowest BCUT2D eigenvalue weighted by Crippen LogP contribution is -2.46. The Morgan fingerprint density at radius 2 is 1.76 bits per heavy atom. The molecule has 0 spiro atoms. The Morgan fingerprint density at radius 3 is 2.41 bits per heavy atom. The highest BCUT2D eigenvalue weighted by Crippen LogP contribution is 2.31. The zero-order valence-electron chi connectivity index (χ0n) is 16.4. The fraction of sp³-hybridized carbons (Fsp3) is 0.273. The molecule has 152 valence electrons. The van der Waals surface area contributed by atoms with E-state index in [0.29, 0.717) is 23.6 Å². The number of carbonyl (C=O) groups excluding carboxylic acids is 2. The maximum absolute atomic E-state index is 12.7. The largest absolute Gasteiger partial charge is 0.494 e. The van der Waals surface area contributed by atoms with Crippen molar-refractivity contribution in [1.29, 1.82) is 0 Å². The number of urea groups is 1. The van der Waals surface area contributed by atoms with E-state index >= 15 is 0 Å². The first-order valence-electron chi connectivity index (χ1n) is 9.50. The molecule has 7 heteroatoms. The number of nitrogens with one attached hydrogen (secondary N) is 2. The summed E-state index contributed by atoms with van der Waals surface area (Å²) in [6.07, 6.45) is 0. The van der Waals surface area contributed by atoms with Gasteiger partial charge in [0.2, 0.25) is 0 Å². The number of ether oxygens (including phenoxy) is 2. The van der Waals surface area contributed by atoms with Gasteiger partial charge in [-0.3, -0.25) is 0 Å². The molecule has 29 heavy (non-hydrogen) atoms. The van der Waals surface area contributed by atoms with Crippen LogP contribution in [0.15, 0.2) is 70.8 Å². The number of amides is 2. The molecule has 0 radical (unpaired) electrons. The van der Waals surface area contributed by atoms with Crippen molar-refractivity contribution in [3.8, 4) is 5.75 Å². The van der Waals surface area contributed by atoms with Gasteiger partial charge < -0.3 is 20.1 Å². The molecule has 0 saturated carbocycles. The molecule has 0 saturated heterocycles. The molecular weight excluding hydrogens is 388 g/mol. The van der Waals surface area contributed by atoms with Crippen molar-refractivity contribution in [3.05, 3.63) is 71.4 Å². The Bertz CT molecular complexity index is 881. The Labute approximate surface area is 174 Å². The van der Waals surface area contributed by atoms with Crippen LogP contribution in [0.1, 0.15) is 25.5 Å². The second-order valence-electron chi connectivity index (χ2n) is 6.25. The average molecular weight is 413 g/mol. The quantitative estimate of drug-likeness (QED) is 0.505. The molecule has 1 aliphatic rings. The third-order valence-corrected chi connectivity index (χ3v) is 5.34. The van der Waals surface area contributed by atoms with Crippen LogP contribution < -0.4 is 15.4 Å². The van der Waals surface area contributed by atoms with Gasteiger partial charge >= 0.3 is 12.0 Å². The highest BCUT2D eigenvalue weighted by atomic mass is 32.2. The van der Waals surface area contributed by atoms with E-state index in [4.69, 9.17) is 9.47 Å². The fourth-order valence-corrected chi connectivity index (χ4v) is 3.90. The molecular formula is C22H24N2O4S. The van der Waals surface area contributed by atoms with Crippen LogP contribution in [0.4, 0.5) is 4.79 Å². The van der Waals surface area contributed by atoms with E-state index in [1.807, 2.05) is 61.5 Å². The summed E-state index contributed by atoms with van der Waals surface area (Å²) in [7, 11) is 0. The maximum Gasteiger partial charge on any atom is 0.338 e. The van der Waals surface area contributed by atoms with Gasteiger partial charge in [0.15, 0.2) is 0 Å². The SMILES string of the molecule is CCOC(=O)C1=C(CSc2ccc(OCC)cc2)NC(=O)NC1c1ccccc1. The van der Waals surface area contributed by atoms with Gasteiger partial charge in [-0.1, -0.05) is 30.3 Å². The minimum Gasteiger partial charge on any atom is -0.494 e. The summed E-state index contributed by atoms with van der Waals surface area (Å²) < 4.78 is 10.7. The van der Waals surface area contributed by atoms with Crippen molar-refractivity contribution in [2.45, 2.75) is 24.8 Å². The smallest absolute Gasteiger partial charge is 0.338 e. The third kappa shape index (κ3) is 5.32. The Kier molecular flexibility index (Phi) is 7.19. The number of hydrogen-bond acceptors (Lipinski definition) is 5. The molecule has 6 nitrogen and oxygen atoms in total. The van der Waals surface area contributed by atoms with Gasteiger partial charge in [-0.2, -0.15) is 0 Å². The second-order valence-corrected chi connectivity index (χ2v) is 7.30. The number of rotatable bonds is 8. The lowest BCUT2D eigenvalue weighted by molar-refractivity contribution is -0.139. The van der Waals surface area contributed by atoms with E-state index < -0.39 is 12.0 Å². The van der Waals surface area contributed by atoms with Crippen LogP contribution in [0, 0.1) is 0 Å². The normalized spacial score (nSPS) is 16.1. The molecule has 0 aromatic heterocycles. The Hall–Kier alpha value is -2.93. The van der Waals surface area contributed by atoms with Crippen molar-refractivity contribution in [3.63, 3.8) is 0 Å². The number of thioether (sulfide) groups is 1. The summed E-state index contributed by atoms with van der Waals surface area (Å²) in [5.74, 6) is 0.803. The molecule has 2 N–H and O–H groups in total. The van der Waals surface area contributed by atoms with E-state index in [1.165, 1.54) is 11.8 Å². The van der Waals surface area contributed by atoms with Crippen LogP contribution >= 0.6 is 11.8 Å². The molecule has 2 aromatic rings. The lowest BCUT2D eigenvalue weighted by atomic mass is 9.95. The van der Waals surface area contributed by atoms with Gasteiger partial charge in [-0.15, -0.1) is 11.8 Å². The monoisotopic (exact) mass is 412 g/mol. The molecule has 0 bridgehead atoms. The summed E-state index contributed by atoms with van der Waals surface area (Å²) in [6, 6.07) is 16.2. The van der Waals surface area contributed by atoms with E-state index in [1.54, 1.807) is 6.92 Å². The second kappa shape index (κ2) is 10.0. The minimum atomic E-state index is -0.556. The van der Waals surface area contributed by atoms with Crippen LogP contribution in [0.3, 0.4) is 0 Å². The summed E-state index contributed by atoms with van der Waals surface area (Å²) in [4.78, 5) is 26.0. The van der Waals surface area contributed by atoms with Crippen LogP contribution in [0.25, 0.3) is 0 Å². The molecule has 1 atom stereocenters. The minimum absolute atomic E-state index is 0.261. The maximum atomic E-state index is 12.7. The number of esters is 1. The molecule has 0 aliphatic carbocycles. The highest BCUT2D eigenvalue weighted by Gasteiger charge is 2.33. The van der Waals surface area contributed by atoms with Gasteiger partial charge in [0.25, 0.3) is 0 Å². The van der Waals surface area contributed by atoms with Gasteiger partial charge in [0, 0.05) is 16.3 Å². The topological polar surface area (TPSA) is 76.7 Å². The summed E-state index contributed by atoms with van der Waals surface area (Å²) >= 11 is 1.53. The fourth-order valence-electron chi connectivity index (χ4n) is 3.03. The van der Waals surface area contributed by atoms with Crippen LogP contribution in [-0.2, 0) is 9.53 Å². The zero-order chi connectivity index (χ0) is 20.6. The molecule has 0 fully saturated rings. The Balaban J connectivity index is 1.87. The molecule has 1 heterocycles. The standard InChI is InChI=1S/C22H24N2O4S/c1-3-27-16-10-12-17(13-11-16)29-14-18-19(21(25)28-4-2)20(24-22(26)23-18)15-8-6-5-7-9-15/h5-13,20H,3-4,14H2,1-2H3,(H2,23,24,26). The predicted octanol–water partition coefficient (Wildman–Crippen LogP) is 4.05. The molecule has 3 rings (SSSR count). The number of carbonyl (C=O) groups is 2. The predicted molar refractivity (Wildman–Crippen MR) is 113 cm³/mol. The van der Waals surface area contributed by atoms with Gasteiger partial charge in [-0.05, 0) is 43.7 Å². The summed E-state index contributed by atoms with van der Waals surface area (Å²) in [6.45, 7) is 4.58. The third-order valence-electron chi connectivity index (χ3n) is 4.30. The lowest BCUT2D eigenvalue weighted by Gasteiger charge is -2.29. The van der Waals surface area contributed by atoms with Gasteiger partial charge in [0.1, 0.15) is 5.75 Å². The van der Waals surface area contributed by atoms with Crippen LogP contribution in [-0.4, -0.2) is 31.0 Å². The van der Waals surface area contributed by atoms with Crippen molar-refractivity contribution in [2.75, 3.05) is 19.0 Å². The first-order chi connectivity index (χ1) is 14.1. The molecule has 1 unspecified atom stereocenters. The molecule has 2 amide bonds. The zero-order valence-corrected chi connectivity index (χ0v) is 17.3. The van der Waals surface area contributed by atoms with Crippen LogP contribution in [0.2, 0.25) is 0 Å². The van der Waals surface area contributed by atoms with E-state index in [9.17, 15) is 9.59 Å². The number of benzene rings is 2. The van der Waals surface area contributed by atoms with E-state index in [-0.39, 0.29) is 12.6 Å². The van der Waals surface area contributed by atoms with E-state index in [0.717, 1.165) is 16.2 Å². The number of hydrogen-bond donors (Lipinski definition) is 2. The first-order valence-corrected chi connectivity index (χ1v) is 10.5. The van der Waals surface area contributed by atoms with Crippen molar-refractivity contribution in [2.24, 2.45) is 0 Å². The molecule has 2 aromatic carbocycles. The molecule has 1 aliphatic heterocycles. The Morgan fingerprint density at radius 1 is 1.03 bits per heavy atom. The van der Waals surface area contributed by atoms with E-state index in [2.05, 4.69) is 10.6 Å². The van der Waals surface area contributed by atoms with Crippen LogP contribution in [0.5, 0.6) is 5.75 Å². The summed E-state index contributed by atoms with van der Waals surface area (Å²) in [5.41, 5.74) is 1.81. The summed E-state index contributed by atoms with van der Waals surface area (Å²) in [5, 5.41) is 5.63. The van der Waals surface area contributed by atoms with Gasteiger partial charge in [0.05, 0.1) is 24.8 Å². The van der Waals surface area contributed by atoms with Gasteiger partial charge in [-0.25, -0.2) is 9.59 Å². The highest BCUT2D eigenvalue weighted by molar-refractivity contribution is 7.99. The van der Waals surface area contributed by atoms with Crippen molar-refractivity contribution in [1.82, 2.24) is 10.6 Å². The van der Waals surface area contributed by atoms with Crippen molar-refractivity contribution >= 4 is 23.8 Å². The average Bonchev–Trinajstić information content (AvgIpc) is 2.74.